The molecule has 4 aromatic carbocycles. The maximum absolute atomic E-state index is 16.1. The summed E-state index contributed by atoms with van der Waals surface area (Å²) in [5.41, 5.74) is 0.244. The largest absolute Gasteiger partial charge is 0.361 e. The average Bonchev–Trinajstić information content (AvgIpc) is 3.28. The van der Waals surface area contributed by atoms with E-state index in [1.165, 1.54) is 29.7 Å². The Morgan fingerprint density at radius 3 is 2.23 bits per heavy atom. The van der Waals surface area contributed by atoms with E-state index in [-0.39, 0.29) is 46.9 Å². The Bertz CT molecular complexity index is 1930. The van der Waals surface area contributed by atoms with Gasteiger partial charge in [0, 0.05) is 23.4 Å². The lowest BCUT2D eigenvalue weighted by atomic mass is 9.99. The molecule has 44 heavy (non-hydrogen) atoms. The predicted octanol–water partition coefficient (Wildman–Crippen LogP) is 7.71. The molecule has 1 aromatic heterocycles. The number of aromatic nitrogens is 1. The Kier molecular flexibility index (Phi) is 8.67. The van der Waals surface area contributed by atoms with Gasteiger partial charge in [-0.3, -0.25) is 14.1 Å². The minimum Gasteiger partial charge on any atom is -0.361 e. The van der Waals surface area contributed by atoms with Crippen LogP contribution in [0.25, 0.3) is 22.0 Å². The average molecular weight is 621 g/mol. The van der Waals surface area contributed by atoms with E-state index in [0.29, 0.717) is 17.0 Å². The van der Waals surface area contributed by atoms with Gasteiger partial charge >= 0.3 is 0 Å². The molecule has 0 saturated heterocycles. The zero-order valence-corrected chi connectivity index (χ0v) is 25.2. The Hall–Kier alpha value is -4.41. The highest BCUT2D eigenvalue weighted by Crippen LogP contribution is 2.37. The molecule has 0 amide bonds. The van der Waals surface area contributed by atoms with Crippen molar-refractivity contribution in [2.24, 2.45) is 0 Å². The molecule has 0 atom stereocenters. The van der Waals surface area contributed by atoms with Crippen molar-refractivity contribution in [3.8, 4) is 11.1 Å². The number of nitrogens with zero attached hydrogens (tertiary/aromatic N) is 1. The van der Waals surface area contributed by atoms with Crippen molar-refractivity contribution < 1.29 is 31.1 Å². The van der Waals surface area contributed by atoms with E-state index in [9.17, 15) is 22.0 Å². The number of carbonyl (C=O) groups is 1. The van der Waals surface area contributed by atoms with Gasteiger partial charge in [-0.05, 0) is 55.7 Å². The molecule has 0 spiro atoms. The highest BCUT2D eigenvalue weighted by Gasteiger charge is 2.35. The van der Waals surface area contributed by atoms with Gasteiger partial charge in [-0.15, -0.1) is 0 Å². The number of hydrogen-bond acceptors (Lipinski definition) is 4. The van der Waals surface area contributed by atoms with Crippen molar-refractivity contribution in [2.75, 3.05) is 10.5 Å². The van der Waals surface area contributed by atoms with E-state index in [0.717, 1.165) is 17.7 Å². The van der Waals surface area contributed by atoms with Crippen LogP contribution in [0.5, 0.6) is 0 Å². The number of sulfonamides is 1. The normalized spacial score (nSPS) is 12.0. The molecular formula is C34H31F3N2O4S. The first-order valence-corrected chi connectivity index (χ1v) is 15.6. The van der Waals surface area contributed by atoms with E-state index in [4.69, 9.17) is 4.74 Å². The number of carbonyl (C=O) groups excluding carboxylic acids is 1. The van der Waals surface area contributed by atoms with Crippen molar-refractivity contribution in [1.29, 1.82) is 0 Å². The van der Waals surface area contributed by atoms with Crippen molar-refractivity contribution in [1.82, 2.24) is 4.57 Å². The lowest BCUT2D eigenvalue weighted by molar-refractivity contribution is -0.0196. The Morgan fingerprint density at radius 1 is 0.886 bits per heavy atom. The Morgan fingerprint density at radius 2 is 1.55 bits per heavy atom. The van der Waals surface area contributed by atoms with Crippen LogP contribution in [0.3, 0.4) is 0 Å². The standard InChI is InChI=1S/C34H31F3N2O4S/c1-4-44(41,42)38-32-28-14-8-9-16-29(28)39(33(40)34(2,3)43-21-22-11-6-5-7-12-22)30(32)19-23-13-10-15-27(31(23)37)24-17-25(35)20-26(36)18-24/h5-18,20,38H,4,19,21H2,1-3H3. The molecule has 5 rings (SSSR count). The maximum atomic E-state index is 16.1. The van der Waals surface area contributed by atoms with Gasteiger partial charge in [-0.25, -0.2) is 21.6 Å². The predicted molar refractivity (Wildman–Crippen MR) is 166 cm³/mol. The summed E-state index contributed by atoms with van der Waals surface area (Å²) in [7, 11) is -3.83. The minimum atomic E-state index is -3.83. The minimum absolute atomic E-state index is 0.000764. The van der Waals surface area contributed by atoms with Gasteiger partial charge in [-0.2, -0.15) is 0 Å². The summed E-state index contributed by atoms with van der Waals surface area (Å²) >= 11 is 0. The maximum Gasteiger partial charge on any atom is 0.263 e. The van der Waals surface area contributed by atoms with Gasteiger partial charge < -0.3 is 4.74 Å². The fraction of sp³-hybridized carbons (Fsp3) is 0.206. The Labute approximate surface area is 254 Å². The van der Waals surface area contributed by atoms with E-state index in [1.54, 1.807) is 38.1 Å². The molecule has 6 nitrogen and oxygen atoms in total. The molecule has 5 aromatic rings. The van der Waals surface area contributed by atoms with Crippen molar-refractivity contribution in [3.63, 3.8) is 0 Å². The number of fused-ring (bicyclic) bond motifs is 1. The van der Waals surface area contributed by atoms with E-state index in [1.807, 2.05) is 30.3 Å². The molecule has 0 aliphatic carbocycles. The van der Waals surface area contributed by atoms with Crippen LogP contribution in [0.2, 0.25) is 0 Å². The lowest BCUT2D eigenvalue weighted by Gasteiger charge is -2.26. The van der Waals surface area contributed by atoms with Gasteiger partial charge in [0.1, 0.15) is 23.1 Å². The molecule has 0 fully saturated rings. The van der Waals surface area contributed by atoms with Crippen LogP contribution in [0.4, 0.5) is 18.9 Å². The van der Waals surface area contributed by atoms with Gasteiger partial charge in [0.25, 0.3) is 5.91 Å². The van der Waals surface area contributed by atoms with E-state index < -0.39 is 39.0 Å². The topological polar surface area (TPSA) is 77.4 Å². The monoisotopic (exact) mass is 620 g/mol. The van der Waals surface area contributed by atoms with Crippen molar-refractivity contribution >= 4 is 32.5 Å². The van der Waals surface area contributed by atoms with Gasteiger partial charge in [0.15, 0.2) is 0 Å². The van der Waals surface area contributed by atoms with E-state index in [2.05, 4.69) is 4.72 Å². The van der Waals surface area contributed by atoms with Crippen LogP contribution in [-0.2, 0) is 27.8 Å². The van der Waals surface area contributed by atoms with Crippen molar-refractivity contribution in [2.45, 2.75) is 39.4 Å². The Balaban J connectivity index is 1.66. The number of rotatable bonds is 10. The zero-order valence-electron chi connectivity index (χ0n) is 24.4. The van der Waals surface area contributed by atoms with E-state index >= 15 is 4.39 Å². The third kappa shape index (κ3) is 6.41. The summed E-state index contributed by atoms with van der Waals surface area (Å²) in [4.78, 5) is 14.3. The number of ether oxygens (including phenoxy) is 1. The molecule has 10 heteroatoms. The highest BCUT2D eigenvalue weighted by molar-refractivity contribution is 7.92. The van der Waals surface area contributed by atoms with Crippen LogP contribution in [0.15, 0.2) is 91.0 Å². The smallest absolute Gasteiger partial charge is 0.263 e. The number of anilines is 1. The summed E-state index contributed by atoms with van der Waals surface area (Å²) in [5.74, 6) is -3.20. The second-order valence-electron chi connectivity index (χ2n) is 10.9. The summed E-state index contributed by atoms with van der Waals surface area (Å²) in [6, 6.07) is 23.3. The van der Waals surface area contributed by atoms with Gasteiger partial charge in [0.05, 0.1) is 29.3 Å². The zero-order chi connectivity index (χ0) is 31.6. The molecule has 0 unspecified atom stereocenters. The summed E-state index contributed by atoms with van der Waals surface area (Å²) in [6.45, 7) is 4.86. The van der Waals surface area contributed by atoms with Gasteiger partial charge in [-0.1, -0.05) is 66.7 Å². The third-order valence-electron chi connectivity index (χ3n) is 7.38. The summed E-state index contributed by atoms with van der Waals surface area (Å²) < 4.78 is 79.8. The number of benzene rings is 4. The number of hydrogen-bond donors (Lipinski definition) is 1. The molecular weight excluding hydrogens is 589 g/mol. The molecule has 0 saturated carbocycles. The fourth-order valence-corrected chi connectivity index (χ4v) is 5.71. The number of nitrogens with one attached hydrogen (secondary N) is 1. The molecule has 1 N–H and O–H groups in total. The third-order valence-corrected chi connectivity index (χ3v) is 8.66. The van der Waals surface area contributed by atoms with Crippen LogP contribution < -0.4 is 4.72 Å². The lowest BCUT2D eigenvalue weighted by Crippen LogP contribution is -2.39. The SMILES string of the molecule is CCS(=O)(=O)Nc1c(Cc2cccc(-c3cc(F)cc(F)c3)c2F)n(C(=O)C(C)(C)OCc2ccccc2)c2ccccc12. The first-order chi connectivity index (χ1) is 20.9. The van der Waals surface area contributed by atoms with Crippen LogP contribution >= 0.6 is 0 Å². The highest BCUT2D eigenvalue weighted by atomic mass is 32.2. The quantitative estimate of drug-likeness (QED) is 0.174. The molecule has 0 aliphatic heterocycles. The summed E-state index contributed by atoms with van der Waals surface area (Å²) in [5, 5.41) is 0.440. The first kappa shape index (κ1) is 31.0. The molecule has 0 aliphatic rings. The molecule has 0 bridgehead atoms. The second kappa shape index (κ2) is 12.3. The summed E-state index contributed by atoms with van der Waals surface area (Å²) in [6.07, 6.45) is -0.228. The first-order valence-electron chi connectivity index (χ1n) is 14.0. The molecule has 228 valence electrons. The number of halogens is 3. The van der Waals surface area contributed by atoms with Crippen molar-refractivity contribution in [3.05, 3.63) is 125 Å². The fourth-order valence-electron chi connectivity index (χ4n) is 5.03. The molecule has 1 heterocycles. The van der Waals surface area contributed by atoms with Crippen LogP contribution in [0.1, 0.15) is 42.4 Å². The second-order valence-corrected chi connectivity index (χ2v) is 12.9. The van der Waals surface area contributed by atoms with Crippen LogP contribution in [-0.4, -0.2) is 30.2 Å². The van der Waals surface area contributed by atoms with Crippen LogP contribution in [0, 0.1) is 17.5 Å². The van der Waals surface area contributed by atoms with Gasteiger partial charge in [0.2, 0.25) is 10.0 Å². The molecule has 0 radical (unpaired) electrons. The number of para-hydroxylation sites is 1.